The van der Waals surface area contributed by atoms with Crippen molar-refractivity contribution in [2.75, 3.05) is 13.2 Å². The summed E-state index contributed by atoms with van der Waals surface area (Å²) in [5.74, 6) is -0.600. The normalized spacial score (nSPS) is 20.6. The van der Waals surface area contributed by atoms with Crippen LogP contribution >= 0.6 is 0 Å². The average Bonchev–Trinajstić information content (AvgIpc) is 2.81. The average molecular weight is 387 g/mol. The van der Waals surface area contributed by atoms with Crippen molar-refractivity contribution >= 4 is 5.97 Å². The first-order valence-corrected chi connectivity index (χ1v) is 9.48. The van der Waals surface area contributed by atoms with Gasteiger partial charge in [0.25, 0.3) is 0 Å². The molecule has 0 saturated heterocycles. The van der Waals surface area contributed by atoms with E-state index < -0.39 is 18.7 Å². The summed E-state index contributed by atoms with van der Waals surface area (Å²) >= 11 is 0. The number of rotatable bonds is 17. The summed E-state index contributed by atoms with van der Waals surface area (Å²) in [4.78, 5) is 11.5. The second-order valence-corrected chi connectivity index (χ2v) is 5.77. The molecule has 4 nitrogen and oxygen atoms in total. The van der Waals surface area contributed by atoms with Crippen molar-refractivity contribution in [3.63, 3.8) is 0 Å². The fraction of sp³-hybridized carbons (Fsp3) is 0.609. The van der Waals surface area contributed by atoms with E-state index in [0.29, 0.717) is 6.42 Å². The number of hydrogen-bond donors (Lipinski definition) is 2. The Hall–Kier alpha value is -1.65. The highest BCUT2D eigenvalue weighted by atomic mass is 16.5. The van der Waals surface area contributed by atoms with Crippen molar-refractivity contribution in [3.8, 4) is 0 Å². The van der Waals surface area contributed by atoms with Gasteiger partial charge in [0.2, 0.25) is 0 Å². The third-order valence-corrected chi connectivity index (χ3v) is 3.27. The van der Waals surface area contributed by atoms with Crippen LogP contribution in [0.3, 0.4) is 0 Å². The number of carbonyl (C=O) groups excluding carboxylic acids is 1. The predicted octanol–water partition coefficient (Wildman–Crippen LogP) is 5.03. The molecule has 0 bridgehead atoms. The predicted molar refractivity (Wildman–Crippen MR) is 112 cm³/mol. The molecule has 0 rings (SSSR count). The lowest BCUT2D eigenvalue weighted by molar-refractivity contribution is -0.147. The molecule has 0 aromatic heterocycles. The van der Waals surface area contributed by atoms with E-state index in [4.69, 9.17) is 25.9 Å². The van der Waals surface area contributed by atoms with Crippen molar-refractivity contribution in [2.24, 2.45) is 0 Å². The fourth-order valence-electron chi connectivity index (χ4n) is 1.78. The van der Waals surface area contributed by atoms with Gasteiger partial charge in [0.15, 0.2) is 0 Å². The summed E-state index contributed by atoms with van der Waals surface area (Å²) in [5, 5.41) is 17.8. The molecule has 27 heavy (non-hydrogen) atoms. The van der Waals surface area contributed by atoms with Crippen LogP contribution in [-0.4, -0.2) is 35.5 Å². The van der Waals surface area contributed by atoms with E-state index in [9.17, 15) is 4.79 Å². The zero-order chi connectivity index (χ0) is 27.0. The maximum absolute atomic E-state index is 11.5. The SMILES string of the molecule is [2H]C(CCCCC)=C([2H])C/C([2H])=C(/[2H])C/C([2H])=C(/[2H])C/C([2H])=C(/[2H])CCCC(=O)OCC(O)CO. The number of esters is 1. The highest BCUT2D eigenvalue weighted by Gasteiger charge is 2.06. The molecule has 0 aliphatic carbocycles. The third kappa shape index (κ3) is 20.5. The first-order valence-electron chi connectivity index (χ1n) is 13.5. The standard InChI is InChI=1S/C23H38O4/c1-2-3-4-5-6-7-8-9-10-11-12-13-14-15-16-17-18-19-23(26)27-21-22(25)20-24/h6-7,9-10,12-13,15-16,22,24-25H,2-5,8,11,14,17-21H2,1H3/b7-6?,10-9-,13-12-,16-15-/i6D,7D,9D,10D,12D,13D,15D,16D. The van der Waals surface area contributed by atoms with Gasteiger partial charge < -0.3 is 14.9 Å². The van der Waals surface area contributed by atoms with Gasteiger partial charge in [0, 0.05) is 6.42 Å². The van der Waals surface area contributed by atoms with Gasteiger partial charge in [0.1, 0.15) is 12.7 Å². The van der Waals surface area contributed by atoms with E-state index in [2.05, 4.69) is 0 Å². The Bertz CT molecular complexity index is 805. The molecule has 0 radical (unpaired) electrons. The second kappa shape index (κ2) is 20.7. The molecule has 2 N–H and O–H groups in total. The molecule has 154 valence electrons. The molecule has 0 aliphatic heterocycles. The van der Waals surface area contributed by atoms with Gasteiger partial charge in [-0.3, -0.25) is 4.79 Å². The number of aliphatic hydroxyl groups excluding tert-OH is 2. The van der Waals surface area contributed by atoms with Crippen LogP contribution in [0.4, 0.5) is 0 Å². The topological polar surface area (TPSA) is 66.8 Å². The lowest BCUT2D eigenvalue weighted by Gasteiger charge is -2.07. The number of allylic oxidation sites excluding steroid dienone is 8. The summed E-state index contributed by atoms with van der Waals surface area (Å²) in [7, 11) is 0. The van der Waals surface area contributed by atoms with Crippen LogP contribution in [0.1, 0.15) is 82.1 Å². The molecule has 0 aliphatic rings. The van der Waals surface area contributed by atoms with Crippen LogP contribution in [0.15, 0.2) is 48.4 Å². The van der Waals surface area contributed by atoms with Crippen LogP contribution in [-0.2, 0) is 9.53 Å². The number of unbranched alkanes of at least 4 members (excludes halogenated alkanes) is 2. The van der Waals surface area contributed by atoms with E-state index in [1.165, 1.54) is 0 Å². The Morgan fingerprint density at radius 2 is 1.44 bits per heavy atom. The maximum Gasteiger partial charge on any atom is 0.305 e. The molecule has 1 unspecified atom stereocenters. The quantitative estimate of drug-likeness (QED) is 0.209. The van der Waals surface area contributed by atoms with Gasteiger partial charge in [-0.2, -0.15) is 0 Å². The van der Waals surface area contributed by atoms with Crippen molar-refractivity contribution in [3.05, 3.63) is 48.4 Å². The molecule has 0 spiro atoms. The van der Waals surface area contributed by atoms with E-state index >= 15 is 0 Å². The van der Waals surface area contributed by atoms with Crippen LogP contribution in [0.5, 0.6) is 0 Å². The fourth-order valence-corrected chi connectivity index (χ4v) is 1.78. The number of carbonyl (C=O) groups is 1. The molecule has 0 aromatic rings. The Labute approximate surface area is 176 Å². The van der Waals surface area contributed by atoms with Gasteiger partial charge >= 0.3 is 5.97 Å². The lowest BCUT2D eigenvalue weighted by Crippen LogP contribution is -2.21. The van der Waals surface area contributed by atoms with Crippen molar-refractivity contribution in [1.82, 2.24) is 0 Å². The first kappa shape index (κ1) is 14.4. The number of ether oxygens (including phenoxy) is 1. The Balaban J connectivity index is 4.87. The zero-order valence-electron chi connectivity index (χ0n) is 24.3. The summed E-state index contributed by atoms with van der Waals surface area (Å²) in [5.41, 5.74) is 0. The van der Waals surface area contributed by atoms with Crippen molar-refractivity contribution < 1.29 is 30.7 Å². The molecular formula is C23H38O4. The minimum Gasteiger partial charge on any atom is -0.463 e. The van der Waals surface area contributed by atoms with E-state index in [-0.39, 0.29) is 93.5 Å². The lowest BCUT2D eigenvalue weighted by atomic mass is 10.2. The van der Waals surface area contributed by atoms with Gasteiger partial charge in [-0.05, 0) is 44.9 Å². The van der Waals surface area contributed by atoms with Gasteiger partial charge in [-0.1, -0.05) is 68.2 Å². The second-order valence-electron chi connectivity index (χ2n) is 5.77. The van der Waals surface area contributed by atoms with E-state index in [1.807, 2.05) is 6.92 Å². The van der Waals surface area contributed by atoms with E-state index in [1.54, 1.807) is 0 Å². The molecule has 0 amide bonds. The first-order chi connectivity index (χ1) is 16.4. The summed E-state index contributed by atoms with van der Waals surface area (Å²) in [6.45, 7) is 1.19. The number of aliphatic hydroxyl groups is 2. The zero-order valence-corrected chi connectivity index (χ0v) is 16.3. The smallest absolute Gasteiger partial charge is 0.305 e. The molecular weight excluding hydrogens is 340 g/mol. The van der Waals surface area contributed by atoms with Gasteiger partial charge in [0.05, 0.1) is 17.6 Å². The minimum absolute atomic E-state index is 0.0267. The van der Waals surface area contributed by atoms with Crippen LogP contribution < -0.4 is 0 Å². The molecule has 1 atom stereocenters. The highest BCUT2D eigenvalue weighted by Crippen LogP contribution is 2.02. The summed E-state index contributed by atoms with van der Waals surface area (Å²) < 4.78 is 68.4. The van der Waals surface area contributed by atoms with Crippen LogP contribution in [0.2, 0.25) is 0 Å². The minimum atomic E-state index is -1.15. The summed E-state index contributed by atoms with van der Waals surface area (Å²) in [6, 6.07) is -1.09. The third-order valence-electron chi connectivity index (χ3n) is 3.27. The van der Waals surface area contributed by atoms with Crippen molar-refractivity contribution in [1.29, 1.82) is 0 Å². The molecule has 0 saturated carbocycles. The Morgan fingerprint density at radius 1 is 0.926 bits per heavy atom. The highest BCUT2D eigenvalue weighted by molar-refractivity contribution is 5.69. The van der Waals surface area contributed by atoms with Crippen molar-refractivity contribution in [2.45, 2.75) is 77.2 Å². The molecule has 4 heteroatoms. The van der Waals surface area contributed by atoms with Gasteiger partial charge in [-0.15, -0.1) is 0 Å². The molecule has 0 aromatic carbocycles. The molecule has 0 heterocycles. The number of hydrogen-bond acceptors (Lipinski definition) is 4. The summed E-state index contributed by atoms with van der Waals surface area (Å²) in [6.07, 6.45) is 1.57. The molecule has 0 fully saturated rings. The Kier molecular flexibility index (Phi) is 11.0. The monoisotopic (exact) mass is 386 g/mol. The van der Waals surface area contributed by atoms with Crippen LogP contribution in [0.25, 0.3) is 0 Å². The Morgan fingerprint density at radius 3 is 1.96 bits per heavy atom. The van der Waals surface area contributed by atoms with E-state index in [0.717, 1.165) is 19.3 Å². The maximum atomic E-state index is 11.5. The van der Waals surface area contributed by atoms with Crippen LogP contribution in [0, 0.1) is 0 Å². The largest absolute Gasteiger partial charge is 0.463 e. The van der Waals surface area contributed by atoms with Gasteiger partial charge in [-0.25, -0.2) is 0 Å².